The van der Waals surface area contributed by atoms with Crippen LogP contribution in [0.2, 0.25) is 0 Å². The van der Waals surface area contributed by atoms with Crippen LogP contribution in [0.3, 0.4) is 0 Å². The van der Waals surface area contributed by atoms with Gasteiger partial charge in [-0.2, -0.15) is 0 Å². The molecule has 7 heteroatoms. The number of benzene rings is 2. The number of methoxy groups -OCH3 is 1. The molecule has 3 aromatic rings. The highest BCUT2D eigenvalue weighted by molar-refractivity contribution is 6.02. The second-order valence-corrected chi connectivity index (χ2v) is 9.36. The number of likely N-dealkylation sites (tertiary alicyclic amines) is 1. The van der Waals surface area contributed by atoms with Crippen LogP contribution in [0.5, 0.6) is 11.5 Å². The van der Waals surface area contributed by atoms with Crippen LogP contribution in [-0.2, 0) is 0 Å². The Hall–Kier alpha value is -3.19. The summed E-state index contributed by atoms with van der Waals surface area (Å²) in [6.07, 6.45) is 7.32. The third-order valence-corrected chi connectivity index (χ3v) is 7.22. The van der Waals surface area contributed by atoms with E-state index in [0.29, 0.717) is 17.0 Å². The first kappa shape index (κ1) is 22.6. The fraction of sp³-hybridized carbons (Fsp3) is 0.407. The Kier molecular flexibility index (Phi) is 6.37. The van der Waals surface area contributed by atoms with Gasteiger partial charge in [-0.1, -0.05) is 6.07 Å². The summed E-state index contributed by atoms with van der Waals surface area (Å²) in [4.78, 5) is 21.3. The molecule has 178 valence electrons. The number of nitrogens with zero attached hydrogens (tertiary/aromatic N) is 3. The van der Waals surface area contributed by atoms with Crippen LogP contribution in [0, 0.1) is 11.7 Å². The fourth-order valence-electron chi connectivity index (χ4n) is 5.38. The minimum Gasteiger partial charge on any atom is -0.502 e. The molecule has 0 amide bonds. The van der Waals surface area contributed by atoms with E-state index >= 15 is 0 Å². The summed E-state index contributed by atoms with van der Waals surface area (Å²) in [5.41, 5.74) is 3.60. The second-order valence-electron chi connectivity index (χ2n) is 9.36. The quantitative estimate of drug-likeness (QED) is 0.526. The third-order valence-electron chi connectivity index (χ3n) is 7.22. The molecule has 3 heterocycles. The van der Waals surface area contributed by atoms with Gasteiger partial charge in [0.2, 0.25) is 0 Å². The first-order chi connectivity index (χ1) is 16.6. The molecule has 0 radical (unpaired) electrons. The van der Waals surface area contributed by atoms with Crippen molar-refractivity contribution in [1.29, 1.82) is 0 Å². The van der Waals surface area contributed by atoms with Gasteiger partial charge in [0.1, 0.15) is 0 Å². The molecule has 1 N–H and O–H groups in total. The van der Waals surface area contributed by atoms with E-state index in [1.807, 2.05) is 18.2 Å². The predicted molar refractivity (Wildman–Crippen MR) is 131 cm³/mol. The molecule has 2 aromatic carbocycles. The number of halogens is 1. The van der Waals surface area contributed by atoms with Crippen LogP contribution >= 0.6 is 0 Å². The van der Waals surface area contributed by atoms with Gasteiger partial charge in [0, 0.05) is 31.2 Å². The average molecular weight is 464 g/mol. The number of aromatic hydroxyl groups is 1. The Morgan fingerprint density at radius 3 is 2.59 bits per heavy atom. The van der Waals surface area contributed by atoms with Crippen LogP contribution in [0.4, 0.5) is 10.1 Å². The summed E-state index contributed by atoms with van der Waals surface area (Å²) < 4.78 is 19.4. The highest BCUT2D eigenvalue weighted by atomic mass is 19.1. The summed E-state index contributed by atoms with van der Waals surface area (Å²) in [6, 6.07) is 8.61. The molecule has 0 spiro atoms. The Morgan fingerprint density at radius 1 is 1.12 bits per heavy atom. The molecule has 1 aromatic heterocycles. The van der Waals surface area contributed by atoms with E-state index in [2.05, 4.69) is 14.8 Å². The fourth-order valence-corrected chi connectivity index (χ4v) is 5.38. The van der Waals surface area contributed by atoms with Crippen molar-refractivity contribution in [2.45, 2.75) is 25.7 Å². The number of piperidine rings is 1. The number of aldehydes is 1. The van der Waals surface area contributed by atoms with E-state index < -0.39 is 11.6 Å². The zero-order chi connectivity index (χ0) is 23.7. The summed E-state index contributed by atoms with van der Waals surface area (Å²) >= 11 is 0. The van der Waals surface area contributed by atoms with Gasteiger partial charge < -0.3 is 19.6 Å². The molecule has 0 aliphatic carbocycles. The Bertz CT molecular complexity index is 1200. The molecule has 6 nitrogen and oxygen atoms in total. The number of pyridine rings is 1. The van der Waals surface area contributed by atoms with Crippen molar-refractivity contribution in [3.63, 3.8) is 0 Å². The van der Waals surface area contributed by atoms with Crippen molar-refractivity contribution in [3.05, 3.63) is 47.9 Å². The van der Waals surface area contributed by atoms with E-state index in [1.54, 1.807) is 12.3 Å². The highest BCUT2D eigenvalue weighted by Crippen LogP contribution is 2.38. The lowest BCUT2D eigenvalue weighted by Crippen LogP contribution is -2.38. The Labute approximate surface area is 199 Å². The number of carbonyl (C=O) groups excluding carboxylic acids is 1. The number of hydrogen-bond acceptors (Lipinski definition) is 6. The molecule has 0 saturated carbocycles. The number of rotatable bonds is 6. The van der Waals surface area contributed by atoms with E-state index in [1.165, 1.54) is 45.7 Å². The molecule has 2 aliphatic heterocycles. The number of ether oxygens (including phenoxy) is 1. The average Bonchev–Trinajstić information content (AvgIpc) is 3.38. The van der Waals surface area contributed by atoms with E-state index in [0.717, 1.165) is 54.4 Å². The highest BCUT2D eigenvalue weighted by Gasteiger charge is 2.25. The monoisotopic (exact) mass is 463 g/mol. The van der Waals surface area contributed by atoms with Gasteiger partial charge in [-0.25, -0.2) is 4.39 Å². The Balaban J connectivity index is 1.48. The van der Waals surface area contributed by atoms with E-state index in [-0.39, 0.29) is 5.75 Å². The molecule has 2 fully saturated rings. The van der Waals surface area contributed by atoms with Crippen molar-refractivity contribution >= 4 is 22.9 Å². The molecular weight excluding hydrogens is 433 g/mol. The summed E-state index contributed by atoms with van der Waals surface area (Å²) in [6.45, 7) is 5.39. The number of aromatic nitrogens is 1. The van der Waals surface area contributed by atoms with Gasteiger partial charge in [0.05, 0.1) is 23.9 Å². The van der Waals surface area contributed by atoms with Gasteiger partial charge in [0.25, 0.3) is 0 Å². The first-order valence-electron chi connectivity index (χ1n) is 12.0. The maximum absolute atomic E-state index is 14.3. The molecule has 0 unspecified atom stereocenters. The largest absolute Gasteiger partial charge is 0.502 e. The molecule has 2 aliphatic rings. The Morgan fingerprint density at radius 2 is 1.88 bits per heavy atom. The normalized spacial score (nSPS) is 17.4. The number of phenols is 1. The lowest BCUT2D eigenvalue weighted by Gasteiger charge is -2.36. The minimum atomic E-state index is -0.741. The van der Waals surface area contributed by atoms with Gasteiger partial charge in [-0.15, -0.1) is 0 Å². The standard InChI is InChI=1S/C27H30FN3O3/c1-34-25-14-20(13-23(28)27(25)33)19-4-5-24-22(12-19)26(21(17-32)15-29-24)31-10-6-18(7-11-31)16-30-8-2-3-9-30/h4-5,12-15,17-18,33H,2-3,6-11,16H2,1H3. The lowest BCUT2D eigenvalue weighted by molar-refractivity contribution is 0.112. The molecular formula is C27H30FN3O3. The van der Waals surface area contributed by atoms with Crippen molar-refractivity contribution in [2.24, 2.45) is 5.92 Å². The maximum Gasteiger partial charge on any atom is 0.194 e. The maximum atomic E-state index is 14.3. The third kappa shape index (κ3) is 4.32. The number of phenolic OH excluding ortho intramolecular Hbond substituents is 1. The molecule has 0 atom stereocenters. The summed E-state index contributed by atoms with van der Waals surface area (Å²) in [7, 11) is 1.39. The number of hydrogen-bond donors (Lipinski definition) is 1. The van der Waals surface area contributed by atoms with Crippen LogP contribution in [0.25, 0.3) is 22.0 Å². The smallest absolute Gasteiger partial charge is 0.194 e. The SMILES string of the molecule is COc1cc(-c2ccc3ncc(C=O)c(N4CCC(CN5CCCC5)CC4)c3c2)cc(F)c1O. The molecule has 34 heavy (non-hydrogen) atoms. The van der Waals surface area contributed by atoms with Crippen molar-refractivity contribution in [3.8, 4) is 22.6 Å². The van der Waals surface area contributed by atoms with Gasteiger partial charge in [0.15, 0.2) is 23.6 Å². The number of fused-ring (bicyclic) bond motifs is 1. The van der Waals surface area contributed by atoms with E-state index in [4.69, 9.17) is 4.74 Å². The topological polar surface area (TPSA) is 65.9 Å². The predicted octanol–water partition coefficient (Wildman–Crippen LogP) is 4.88. The van der Waals surface area contributed by atoms with Crippen molar-refractivity contribution < 1.29 is 19.0 Å². The molecule has 0 bridgehead atoms. The van der Waals surface area contributed by atoms with Crippen LogP contribution < -0.4 is 9.64 Å². The number of anilines is 1. The molecule has 5 rings (SSSR count). The summed E-state index contributed by atoms with van der Waals surface area (Å²) in [5, 5.41) is 10.7. The molecule has 2 saturated heterocycles. The van der Waals surface area contributed by atoms with Crippen LogP contribution in [-0.4, -0.2) is 61.1 Å². The van der Waals surface area contributed by atoms with Gasteiger partial charge in [-0.3, -0.25) is 9.78 Å². The van der Waals surface area contributed by atoms with Crippen LogP contribution in [0.15, 0.2) is 36.5 Å². The number of carbonyl (C=O) groups is 1. The van der Waals surface area contributed by atoms with Crippen molar-refractivity contribution in [2.75, 3.05) is 44.7 Å². The first-order valence-corrected chi connectivity index (χ1v) is 12.0. The zero-order valence-electron chi connectivity index (χ0n) is 19.5. The van der Waals surface area contributed by atoms with E-state index in [9.17, 15) is 14.3 Å². The lowest BCUT2D eigenvalue weighted by atomic mass is 9.94. The van der Waals surface area contributed by atoms with Gasteiger partial charge in [-0.05, 0) is 80.1 Å². The minimum absolute atomic E-state index is 0.0789. The second kappa shape index (κ2) is 9.58. The van der Waals surface area contributed by atoms with Crippen molar-refractivity contribution in [1.82, 2.24) is 9.88 Å². The summed E-state index contributed by atoms with van der Waals surface area (Å²) in [5.74, 6) is -0.482. The zero-order valence-corrected chi connectivity index (χ0v) is 19.5. The van der Waals surface area contributed by atoms with Gasteiger partial charge >= 0.3 is 0 Å². The van der Waals surface area contributed by atoms with Crippen LogP contribution in [0.1, 0.15) is 36.0 Å².